The zero-order valence-corrected chi connectivity index (χ0v) is 14.0. The van der Waals surface area contributed by atoms with Gasteiger partial charge in [0.15, 0.2) is 5.58 Å². The van der Waals surface area contributed by atoms with Crippen LogP contribution in [0.25, 0.3) is 22.2 Å². The normalized spacial score (nSPS) is 14.2. The maximum atomic E-state index is 11.9. The molecule has 0 spiro atoms. The number of fused-ring (bicyclic) bond motifs is 3. The van der Waals surface area contributed by atoms with Gasteiger partial charge in [-0.05, 0) is 12.1 Å². The van der Waals surface area contributed by atoms with Gasteiger partial charge in [-0.2, -0.15) is 5.10 Å². The third-order valence-electron chi connectivity index (χ3n) is 4.28. The van der Waals surface area contributed by atoms with Gasteiger partial charge in [0.05, 0.1) is 10.7 Å². The van der Waals surface area contributed by atoms with E-state index in [2.05, 4.69) is 10.2 Å². The molecule has 1 aromatic carbocycles. The number of rotatable bonds is 2. The molecule has 0 unspecified atom stereocenters. The van der Waals surface area contributed by atoms with Crippen LogP contribution in [0.15, 0.2) is 22.7 Å². The van der Waals surface area contributed by atoms with Crippen LogP contribution in [-0.4, -0.2) is 39.3 Å². The summed E-state index contributed by atoms with van der Waals surface area (Å²) in [5, 5.41) is 17.6. The smallest absolute Gasteiger partial charge is 0.248 e. The summed E-state index contributed by atoms with van der Waals surface area (Å²) < 4.78 is 5.95. The summed E-state index contributed by atoms with van der Waals surface area (Å²) in [6.45, 7) is 0.350. The number of aliphatic hydroxyl groups is 1. The lowest BCUT2D eigenvalue weighted by molar-refractivity contribution is -0.135. The van der Waals surface area contributed by atoms with Crippen molar-refractivity contribution in [2.45, 2.75) is 13.0 Å². The predicted octanol–water partition coefficient (Wildman–Crippen LogP) is 3.01. The molecule has 3 aromatic rings. The Morgan fingerprint density at radius 2 is 2.29 bits per heavy atom. The minimum absolute atomic E-state index is 0.307. The van der Waals surface area contributed by atoms with Crippen LogP contribution >= 0.6 is 23.2 Å². The number of amides is 1. The molecule has 3 heterocycles. The van der Waals surface area contributed by atoms with Crippen LogP contribution in [0.4, 0.5) is 0 Å². The molecule has 1 aliphatic rings. The zero-order chi connectivity index (χ0) is 16.8. The van der Waals surface area contributed by atoms with Crippen LogP contribution in [0.3, 0.4) is 0 Å². The zero-order valence-electron chi connectivity index (χ0n) is 12.5. The molecule has 1 amide bonds. The maximum Gasteiger partial charge on any atom is 0.248 e. The number of hydrogen-bond acceptors (Lipinski definition) is 4. The number of hydrogen-bond donors (Lipinski definition) is 2. The molecule has 2 aromatic heterocycles. The van der Waals surface area contributed by atoms with Gasteiger partial charge in [0.1, 0.15) is 17.4 Å². The van der Waals surface area contributed by atoms with Gasteiger partial charge < -0.3 is 14.4 Å². The molecule has 24 heavy (non-hydrogen) atoms. The SMILES string of the molecule is O=C(CO)N1CCc2oc3c(Cl)c(Cl)cc(-c4ccn[nH]4)c3c2C1. The van der Waals surface area contributed by atoms with E-state index in [0.717, 1.165) is 28.0 Å². The Bertz CT molecular complexity index is 934. The molecule has 4 rings (SSSR count). The van der Waals surface area contributed by atoms with Crippen LogP contribution in [-0.2, 0) is 17.8 Å². The summed E-state index contributed by atoms with van der Waals surface area (Å²) in [6.07, 6.45) is 2.21. The second kappa shape index (κ2) is 5.81. The first-order valence-corrected chi connectivity index (χ1v) is 8.16. The Morgan fingerprint density at radius 3 is 3.00 bits per heavy atom. The third kappa shape index (κ3) is 2.30. The van der Waals surface area contributed by atoms with Crippen molar-refractivity contribution in [1.29, 1.82) is 0 Å². The number of halogens is 2. The van der Waals surface area contributed by atoms with Crippen molar-refractivity contribution in [3.8, 4) is 11.3 Å². The van der Waals surface area contributed by atoms with E-state index in [1.807, 2.05) is 6.07 Å². The van der Waals surface area contributed by atoms with Crippen LogP contribution in [0, 0.1) is 0 Å². The minimum Gasteiger partial charge on any atom is -0.459 e. The average Bonchev–Trinajstić information content (AvgIpc) is 3.24. The topological polar surface area (TPSA) is 82.4 Å². The molecule has 0 atom stereocenters. The molecule has 6 nitrogen and oxygen atoms in total. The Balaban J connectivity index is 1.96. The Morgan fingerprint density at radius 1 is 1.46 bits per heavy atom. The lowest BCUT2D eigenvalue weighted by Crippen LogP contribution is -2.37. The number of nitrogens with one attached hydrogen (secondary N) is 1. The van der Waals surface area contributed by atoms with E-state index >= 15 is 0 Å². The van der Waals surface area contributed by atoms with Gasteiger partial charge in [-0.25, -0.2) is 0 Å². The molecule has 0 aliphatic carbocycles. The first-order chi connectivity index (χ1) is 11.6. The molecular formula is C16H13Cl2N3O3. The minimum atomic E-state index is -0.509. The fourth-order valence-corrected chi connectivity index (χ4v) is 3.51. The van der Waals surface area contributed by atoms with Crippen molar-refractivity contribution in [2.75, 3.05) is 13.2 Å². The summed E-state index contributed by atoms with van der Waals surface area (Å²) >= 11 is 12.6. The monoisotopic (exact) mass is 365 g/mol. The number of nitrogens with zero attached hydrogens (tertiary/aromatic N) is 2. The first kappa shape index (κ1) is 15.5. The summed E-state index contributed by atoms with van der Waals surface area (Å²) in [5.74, 6) is 0.482. The van der Waals surface area contributed by atoms with E-state index < -0.39 is 6.61 Å². The number of furan rings is 1. The van der Waals surface area contributed by atoms with Crippen LogP contribution in [0.2, 0.25) is 10.0 Å². The largest absolute Gasteiger partial charge is 0.459 e. The van der Waals surface area contributed by atoms with Crippen molar-refractivity contribution in [2.24, 2.45) is 0 Å². The van der Waals surface area contributed by atoms with E-state index in [1.54, 1.807) is 17.2 Å². The van der Waals surface area contributed by atoms with Crippen LogP contribution < -0.4 is 0 Å². The van der Waals surface area contributed by atoms with Crippen LogP contribution in [0.5, 0.6) is 0 Å². The lowest BCUT2D eigenvalue weighted by Gasteiger charge is -2.25. The van der Waals surface area contributed by atoms with E-state index in [4.69, 9.17) is 32.7 Å². The molecule has 1 aliphatic heterocycles. The van der Waals surface area contributed by atoms with E-state index in [1.165, 1.54) is 0 Å². The average molecular weight is 366 g/mol. The third-order valence-corrected chi connectivity index (χ3v) is 5.05. The lowest BCUT2D eigenvalue weighted by atomic mass is 9.99. The number of aromatic amines is 1. The first-order valence-electron chi connectivity index (χ1n) is 7.40. The second-order valence-corrected chi connectivity index (χ2v) is 6.41. The molecule has 0 bridgehead atoms. The van der Waals surface area contributed by atoms with E-state index in [0.29, 0.717) is 35.1 Å². The molecule has 0 saturated carbocycles. The summed E-state index contributed by atoms with van der Waals surface area (Å²) in [5.41, 5.74) is 3.01. The van der Waals surface area contributed by atoms with Crippen molar-refractivity contribution in [3.63, 3.8) is 0 Å². The number of benzene rings is 1. The fraction of sp³-hybridized carbons (Fsp3) is 0.250. The highest BCUT2D eigenvalue weighted by atomic mass is 35.5. The van der Waals surface area contributed by atoms with Crippen molar-refractivity contribution in [1.82, 2.24) is 15.1 Å². The van der Waals surface area contributed by atoms with Gasteiger partial charge in [0.25, 0.3) is 0 Å². The van der Waals surface area contributed by atoms with E-state index in [-0.39, 0.29) is 5.91 Å². The van der Waals surface area contributed by atoms with Gasteiger partial charge in [-0.15, -0.1) is 0 Å². The highest BCUT2D eigenvalue weighted by Gasteiger charge is 2.28. The van der Waals surface area contributed by atoms with E-state index in [9.17, 15) is 4.79 Å². The Labute approximate surface area is 147 Å². The van der Waals surface area contributed by atoms with Gasteiger partial charge >= 0.3 is 0 Å². The van der Waals surface area contributed by atoms with Gasteiger partial charge in [0.2, 0.25) is 5.91 Å². The molecule has 2 N–H and O–H groups in total. The summed E-state index contributed by atoms with van der Waals surface area (Å²) in [4.78, 5) is 13.5. The Kier molecular flexibility index (Phi) is 3.75. The number of carbonyl (C=O) groups excluding carboxylic acids is 1. The van der Waals surface area contributed by atoms with Gasteiger partial charge in [-0.3, -0.25) is 9.89 Å². The highest BCUT2D eigenvalue weighted by Crippen LogP contribution is 2.43. The second-order valence-electron chi connectivity index (χ2n) is 5.62. The van der Waals surface area contributed by atoms with Gasteiger partial charge in [0, 0.05) is 42.2 Å². The number of carbonyl (C=O) groups is 1. The molecular weight excluding hydrogens is 353 g/mol. The van der Waals surface area contributed by atoms with Crippen molar-refractivity contribution in [3.05, 3.63) is 39.7 Å². The van der Waals surface area contributed by atoms with Gasteiger partial charge in [-0.1, -0.05) is 23.2 Å². The van der Waals surface area contributed by atoms with Crippen LogP contribution in [0.1, 0.15) is 11.3 Å². The summed E-state index contributed by atoms with van der Waals surface area (Å²) in [7, 11) is 0. The number of aliphatic hydroxyl groups excluding tert-OH is 1. The molecule has 0 radical (unpaired) electrons. The highest BCUT2D eigenvalue weighted by molar-refractivity contribution is 6.45. The predicted molar refractivity (Wildman–Crippen MR) is 90.0 cm³/mol. The number of aromatic nitrogens is 2. The van der Waals surface area contributed by atoms with Crippen molar-refractivity contribution >= 4 is 40.1 Å². The van der Waals surface area contributed by atoms with Crippen molar-refractivity contribution < 1.29 is 14.3 Å². The summed E-state index contributed by atoms with van der Waals surface area (Å²) in [6, 6.07) is 3.60. The molecule has 0 saturated heterocycles. The maximum absolute atomic E-state index is 11.9. The Hall–Kier alpha value is -2.02. The fourth-order valence-electron chi connectivity index (χ4n) is 3.13. The molecule has 124 valence electrons. The quantitative estimate of drug-likeness (QED) is 0.731. The molecule has 0 fully saturated rings. The number of H-pyrrole nitrogens is 1. The molecule has 8 heteroatoms. The standard InChI is InChI=1S/C16H13Cl2N3O3/c17-10-5-8(11-1-3-19-20-11)14-9-6-21(13(23)7-22)4-2-12(9)24-16(14)15(10)18/h1,3,5,22H,2,4,6-7H2,(H,19,20).